The van der Waals surface area contributed by atoms with Gasteiger partial charge < -0.3 is 15.4 Å². The number of ether oxygens (including phenoxy) is 1. The number of hydrogen-bond acceptors (Lipinski definition) is 4. The van der Waals surface area contributed by atoms with Gasteiger partial charge in [0.1, 0.15) is 6.04 Å². The van der Waals surface area contributed by atoms with Gasteiger partial charge in [-0.3, -0.25) is 9.59 Å². The van der Waals surface area contributed by atoms with Crippen molar-refractivity contribution in [2.45, 2.75) is 25.7 Å². The predicted molar refractivity (Wildman–Crippen MR) is 69.4 cm³/mol. The van der Waals surface area contributed by atoms with Gasteiger partial charge in [-0.2, -0.15) is 13.2 Å². The molecule has 1 atom stereocenters. The molecule has 1 aromatic carbocycles. The van der Waals surface area contributed by atoms with Crippen molar-refractivity contribution in [1.82, 2.24) is 5.32 Å². The number of esters is 1. The molecule has 2 N–H and O–H groups in total. The average molecular weight is 304 g/mol. The van der Waals surface area contributed by atoms with Crippen LogP contribution in [0.2, 0.25) is 0 Å². The smallest absolute Gasteiger partial charge is 0.468 e. The summed E-state index contributed by atoms with van der Waals surface area (Å²) in [4.78, 5) is 22.0. The summed E-state index contributed by atoms with van der Waals surface area (Å²) in [6, 6.07) is 5.34. The molecule has 0 saturated heterocycles. The molecule has 5 nitrogen and oxygen atoms in total. The molecule has 116 valence electrons. The molecule has 0 aliphatic heterocycles. The van der Waals surface area contributed by atoms with Gasteiger partial charge in [-0.25, -0.2) is 0 Å². The van der Waals surface area contributed by atoms with Crippen LogP contribution in [0.25, 0.3) is 0 Å². The highest BCUT2D eigenvalue weighted by Crippen LogP contribution is 2.18. The molecule has 1 amide bonds. The number of halogens is 3. The van der Waals surface area contributed by atoms with Crippen molar-refractivity contribution in [3.63, 3.8) is 0 Å². The van der Waals surface area contributed by atoms with E-state index in [4.69, 9.17) is 0 Å². The number of alkyl halides is 3. The normalized spacial score (nSPS) is 12.6. The van der Waals surface area contributed by atoms with Gasteiger partial charge >= 0.3 is 18.1 Å². The van der Waals surface area contributed by atoms with Crippen LogP contribution < -0.4 is 10.6 Å². The molecule has 0 radical (unpaired) electrons. The second kappa shape index (κ2) is 7.07. The lowest BCUT2D eigenvalue weighted by molar-refractivity contribution is -0.167. The maximum atomic E-state index is 12.1. The van der Waals surface area contributed by atoms with Crippen molar-refractivity contribution >= 4 is 17.6 Å². The molecule has 8 heteroatoms. The second-order valence-corrected chi connectivity index (χ2v) is 4.28. The highest BCUT2D eigenvalue weighted by Gasteiger charge is 2.38. The number of hydrogen-bond donors (Lipinski definition) is 2. The molecule has 0 heterocycles. The summed E-state index contributed by atoms with van der Waals surface area (Å²) >= 11 is 0. The molecule has 1 rings (SSSR count). The van der Waals surface area contributed by atoms with E-state index in [1.54, 1.807) is 18.3 Å². The van der Waals surface area contributed by atoms with E-state index in [2.05, 4.69) is 10.1 Å². The lowest BCUT2D eigenvalue weighted by Crippen LogP contribution is -2.34. The molecular weight excluding hydrogens is 289 g/mol. The Balaban J connectivity index is 2.65. The van der Waals surface area contributed by atoms with Crippen molar-refractivity contribution < 1.29 is 27.5 Å². The van der Waals surface area contributed by atoms with Crippen LogP contribution in [0, 0.1) is 0 Å². The Morgan fingerprint density at radius 2 is 2.00 bits per heavy atom. The number of carbonyl (C=O) groups excluding carboxylic acids is 2. The van der Waals surface area contributed by atoms with Crippen LogP contribution in [0.1, 0.15) is 12.5 Å². The summed E-state index contributed by atoms with van der Waals surface area (Å²) in [6.07, 6.45) is -4.94. The molecule has 0 spiro atoms. The van der Waals surface area contributed by atoms with Crippen LogP contribution in [0.5, 0.6) is 0 Å². The topological polar surface area (TPSA) is 67.4 Å². The van der Waals surface area contributed by atoms with E-state index in [1.165, 1.54) is 25.3 Å². The first kappa shape index (κ1) is 17.0. The molecular formula is C13H15F3N2O3. The summed E-state index contributed by atoms with van der Waals surface area (Å²) in [5, 5.41) is 4.61. The van der Waals surface area contributed by atoms with Crippen LogP contribution >= 0.6 is 0 Å². The molecule has 1 aromatic rings. The zero-order chi connectivity index (χ0) is 16.0. The lowest BCUT2D eigenvalue weighted by Gasteiger charge is -2.12. The second-order valence-electron chi connectivity index (χ2n) is 4.28. The number of methoxy groups -OCH3 is 1. The largest absolute Gasteiger partial charge is 0.471 e. The monoisotopic (exact) mass is 304 g/mol. The summed E-state index contributed by atoms with van der Waals surface area (Å²) < 4.78 is 41.0. The Bertz CT molecular complexity index is 518. The fourth-order valence-corrected chi connectivity index (χ4v) is 1.49. The zero-order valence-electron chi connectivity index (χ0n) is 11.5. The van der Waals surface area contributed by atoms with Crippen molar-refractivity contribution in [2.24, 2.45) is 0 Å². The molecule has 0 aromatic heterocycles. The maximum absolute atomic E-state index is 12.1. The third-order valence-electron chi connectivity index (χ3n) is 2.61. The van der Waals surface area contributed by atoms with Gasteiger partial charge in [0.25, 0.3) is 0 Å². The standard InChI is InChI=1S/C13H15F3N2O3/c1-8(11(19)21-2)17-7-9-4-3-5-10(6-9)18-12(20)13(14,15)16/h3-6,8,17H,7H2,1-2H3,(H,18,20)/t8-/m0/s1. The van der Waals surface area contributed by atoms with Crippen molar-refractivity contribution in [2.75, 3.05) is 12.4 Å². The van der Waals surface area contributed by atoms with Gasteiger partial charge in [0.05, 0.1) is 7.11 Å². The first-order chi connectivity index (χ1) is 9.74. The molecule has 0 saturated carbocycles. The number of carbonyl (C=O) groups is 2. The van der Waals surface area contributed by atoms with E-state index in [9.17, 15) is 22.8 Å². The molecule has 0 bridgehead atoms. The first-order valence-electron chi connectivity index (χ1n) is 6.02. The number of amides is 1. The Labute approximate surface area is 119 Å². The molecule has 0 aliphatic carbocycles. The maximum Gasteiger partial charge on any atom is 0.471 e. The van der Waals surface area contributed by atoms with E-state index < -0.39 is 24.1 Å². The minimum absolute atomic E-state index is 0.0300. The summed E-state index contributed by atoms with van der Waals surface area (Å²) in [6.45, 7) is 1.84. The quantitative estimate of drug-likeness (QED) is 0.815. The van der Waals surface area contributed by atoms with Crippen LogP contribution in [0.15, 0.2) is 24.3 Å². The molecule has 0 aliphatic rings. The van der Waals surface area contributed by atoms with Crippen LogP contribution in [0.4, 0.5) is 18.9 Å². The fourth-order valence-electron chi connectivity index (χ4n) is 1.49. The van der Waals surface area contributed by atoms with Gasteiger partial charge in [-0.1, -0.05) is 12.1 Å². The Morgan fingerprint density at radius 3 is 2.57 bits per heavy atom. The number of nitrogens with one attached hydrogen (secondary N) is 2. The third kappa shape index (κ3) is 5.42. The highest BCUT2D eigenvalue weighted by molar-refractivity contribution is 5.94. The third-order valence-corrected chi connectivity index (χ3v) is 2.61. The SMILES string of the molecule is COC(=O)[C@H](C)NCc1cccc(NC(=O)C(F)(F)F)c1. The number of anilines is 1. The highest BCUT2D eigenvalue weighted by atomic mass is 19.4. The van der Waals surface area contributed by atoms with Crippen molar-refractivity contribution in [3.05, 3.63) is 29.8 Å². The minimum atomic E-state index is -4.94. The summed E-state index contributed by atoms with van der Waals surface area (Å²) in [5.41, 5.74) is 0.646. The Morgan fingerprint density at radius 1 is 1.33 bits per heavy atom. The summed E-state index contributed by atoms with van der Waals surface area (Å²) in [7, 11) is 1.26. The van der Waals surface area contributed by atoms with Crippen LogP contribution in [-0.4, -0.2) is 31.2 Å². The Kier molecular flexibility index (Phi) is 5.71. The van der Waals surface area contributed by atoms with Crippen LogP contribution in [0.3, 0.4) is 0 Å². The molecule has 21 heavy (non-hydrogen) atoms. The molecule has 0 fully saturated rings. The number of benzene rings is 1. The van der Waals surface area contributed by atoms with Gasteiger partial charge in [-0.15, -0.1) is 0 Å². The van der Waals surface area contributed by atoms with E-state index in [0.717, 1.165) is 0 Å². The van der Waals surface area contributed by atoms with E-state index in [-0.39, 0.29) is 12.2 Å². The van der Waals surface area contributed by atoms with Crippen LogP contribution in [-0.2, 0) is 20.9 Å². The van der Waals surface area contributed by atoms with E-state index in [0.29, 0.717) is 5.56 Å². The minimum Gasteiger partial charge on any atom is -0.468 e. The predicted octanol–water partition coefficient (Wildman–Crippen LogP) is 1.84. The Hall–Kier alpha value is -2.09. The first-order valence-corrected chi connectivity index (χ1v) is 6.02. The fraction of sp³-hybridized carbons (Fsp3) is 0.385. The average Bonchev–Trinajstić information content (AvgIpc) is 2.43. The van der Waals surface area contributed by atoms with E-state index >= 15 is 0 Å². The zero-order valence-corrected chi connectivity index (χ0v) is 11.5. The summed E-state index contributed by atoms with van der Waals surface area (Å²) in [5.74, 6) is -2.48. The number of rotatable bonds is 5. The van der Waals surface area contributed by atoms with E-state index in [1.807, 2.05) is 0 Å². The van der Waals surface area contributed by atoms with Gasteiger partial charge in [0.15, 0.2) is 0 Å². The van der Waals surface area contributed by atoms with Crippen molar-refractivity contribution in [1.29, 1.82) is 0 Å². The van der Waals surface area contributed by atoms with Gasteiger partial charge in [-0.05, 0) is 24.6 Å². The van der Waals surface area contributed by atoms with Gasteiger partial charge in [0, 0.05) is 12.2 Å². The van der Waals surface area contributed by atoms with Gasteiger partial charge in [0.2, 0.25) is 0 Å². The lowest BCUT2D eigenvalue weighted by atomic mass is 10.2. The van der Waals surface area contributed by atoms with Crippen molar-refractivity contribution in [3.8, 4) is 0 Å². The molecule has 0 unspecified atom stereocenters.